The molecular formula is C11H12F3NO. The van der Waals surface area contributed by atoms with Crippen LogP contribution in [0.15, 0.2) is 30.3 Å². The number of benzene rings is 1. The minimum absolute atomic E-state index is 0.186. The lowest BCUT2D eigenvalue weighted by Crippen LogP contribution is -2.46. The number of ether oxygens (including phenoxy) is 1. The molecule has 1 aromatic carbocycles. The summed E-state index contributed by atoms with van der Waals surface area (Å²) in [4.78, 5) is 0. The number of hydrogen-bond donors (Lipinski definition) is 1. The van der Waals surface area contributed by atoms with Crippen LogP contribution < -0.4 is 5.32 Å². The van der Waals surface area contributed by atoms with E-state index in [2.05, 4.69) is 5.32 Å². The lowest BCUT2D eigenvalue weighted by atomic mass is 10.1. The van der Waals surface area contributed by atoms with E-state index in [-0.39, 0.29) is 13.2 Å². The van der Waals surface area contributed by atoms with Crippen LogP contribution in [0.5, 0.6) is 0 Å². The van der Waals surface area contributed by atoms with E-state index in [0.717, 1.165) is 5.56 Å². The van der Waals surface area contributed by atoms with Crippen molar-refractivity contribution >= 4 is 0 Å². The topological polar surface area (TPSA) is 24.6 Å². The number of rotatable bonds is 4. The van der Waals surface area contributed by atoms with Crippen molar-refractivity contribution in [1.29, 1.82) is 0 Å². The molecule has 2 rings (SSSR count). The summed E-state index contributed by atoms with van der Waals surface area (Å²) in [5, 5.41) is 2.49. The highest BCUT2D eigenvalue weighted by atomic mass is 19.4. The molecule has 1 fully saturated rings. The molecule has 1 aromatic rings. The van der Waals surface area contributed by atoms with Gasteiger partial charge in [0.25, 0.3) is 0 Å². The summed E-state index contributed by atoms with van der Waals surface area (Å²) < 4.78 is 42.4. The normalized spacial score (nSPS) is 21.8. The van der Waals surface area contributed by atoms with Crippen LogP contribution in [0.1, 0.15) is 5.56 Å². The third-order valence-electron chi connectivity index (χ3n) is 2.45. The Balaban J connectivity index is 1.92. The largest absolute Gasteiger partial charge is 0.406 e. The van der Waals surface area contributed by atoms with Gasteiger partial charge in [0.1, 0.15) is 12.1 Å². The van der Waals surface area contributed by atoms with Gasteiger partial charge in [0.15, 0.2) is 0 Å². The van der Waals surface area contributed by atoms with Crippen molar-refractivity contribution in [2.75, 3.05) is 6.61 Å². The van der Waals surface area contributed by atoms with Gasteiger partial charge in [-0.15, -0.1) is 0 Å². The summed E-state index contributed by atoms with van der Waals surface area (Å²) in [5.41, 5.74) is 0.831. The van der Waals surface area contributed by atoms with Crippen molar-refractivity contribution in [2.45, 2.75) is 24.9 Å². The van der Waals surface area contributed by atoms with E-state index in [1.165, 1.54) is 0 Å². The molecule has 0 aromatic heterocycles. The van der Waals surface area contributed by atoms with Crippen LogP contribution in [0, 0.1) is 0 Å². The average molecular weight is 231 g/mol. The lowest BCUT2D eigenvalue weighted by molar-refractivity contribution is -0.160. The van der Waals surface area contributed by atoms with Crippen LogP contribution in [0.2, 0.25) is 0 Å². The quantitative estimate of drug-likeness (QED) is 0.802. The van der Waals surface area contributed by atoms with Gasteiger partial charge in [-0.25, -0.2) is 0 Å². The number of halogens is 3. The average Bonchev–Trinajstić information content (AvgIpc) is 3.02. The first-order valence-corrected chi connectivity index (χ1v) is 5.03. The molecule has 1 unspecified atom stereocenters. The van der Waals surface area contributed by atoms with Gasteiger partial charge in [-0.05, 0) is 5.56 Å². The van der Waals surface area contributed by atoms with Crippen molar-refractivity contribution < 1.29 is 17.9 Å². The monoisotopic (exact) mass is 231 g/mol. The smallest absolute Gasteiger partial charge is 0.371 e. The second-order valence-corrected chi connectivity index (χ2v) is 3.76. The van der Waals surface area contributed by atoms with E-state index >= 15 is 0 Å². The van der Waals surface area contributed by atoms with Gasteiger partial charge < -0.3 is 4.74 Å². The van der Waals surface area contributed by atoms with Gasteiger partial charge in [-0.1, -0.05) is 30.3 Å². The minimum Gasteiger partial charge on any atom is -0.371 e. The zero-order chi connectivity index (χ0) is 11.6. The Labute approximate surface area is 91.4 Å². The molecule has 1 saturated heterocycles. The van der Waals surface area contributed by atoms with Gasteiger partial charge in [0, 0.05) is 6.54 Å². The zero-order valence-corrected chi connectivity index (χ0v) is 8.50. The highest BCUT2D eigenvalue weighted by Crippen LogP contribution is 2.29. The van der Waals surface area contributed by atoms with Gasteiger partial charge >= 0.3 is 6.18 Å². The van der Waals surface area contributed by atoms with Crippen LogP contribution in [0.25, 0.3) is 0 Å². The van der Waals surface area contributed by atoms with Crippen LogP contribution in [-0.4, -0.2) is 24.9 Å². The molecule has 1 aliphatic heterocycles. The summed E-state index contributed by atoms with van der Waals surface area (Å²) in [6.07, 6.45) is -4.97. The maximum atomic E-state index is 12.6. The molecule has 5 heteroatoms. The fourth-order valence-electron chi connectivity index (χ4n) is 1.53. The molecule has 0 radical (unpaired) electrons. The van der Waals surface area contributed by atoms with E-state index in [0.29, 0.717) is 0 Å². The molecule has 0 amide bonds. The van der Waals surface area contributed by atoms with Crippen LogP contribution in [0.4, 0.5) is 13.2 Å². The van der Waals surface area contributed by atoms with Gasteiger partial charge in [0.05, 0.1) is 6.61 Å². The molecule has 16 heavy (non-hydrogen) atoms. The Morgan fingerprint density at radius 1 is 1.31 bits per heavy atom. The van der Waals surface area contributed by atoms with Crippen molar-refractivity contribution in [3.8, 4) is 0 Å². The van der Waals surface area contributed by atoms with E-state index in [4.69, 9.17) is 4.74 Å². The maximum Gasteiger partial charge on any atom is 0.406 e. The van der Waals surface area contributed by atoms with Crippen LogP contribution >= 0.6 is 0 Å². The van der Waals surface area contributed by atoms with Crippen molar-refractivity contribution in [1.82, 2.24) is 5.32 Å². The molecule has 88 valence electrons. The van der Waals surface area contributed by atoms with E-state index in [9.17, 15) is 13.2 Å². The summed E-state index contributed by atoms with van der Waals surface area (Å²) in [6.45, 7) is 0.386. The summed E-state index contributed by atoms with van der Waals surface area (Å²) in [6, 6.07) is 7.44. The SMILES string of the molecule is FC(F)(F)C(NCc1ccccc1)[C@@H]1CO1. The third-order valence-corrected chi connectivity index (χ3v) is 2.45. The van der Waals surface area contributed by atoms with Gasteiger partial charge in [-0.2, -0.15) is 13.2 Å². The molecule has 1 aliphatic rings. The Hall–Kier alpha value is -1.07. The highest BCUT2D eigenvalue weighted by Gasteiger charge is 2.49. The highest BCUT2D eigenvalue weighted by molar-refractivity contribution is 5.14. The molecule has 2 nitrogen and oxygen atoms in total. The predicted octanol–water partition coefficient (Wildman–Crippen LogP) is 2.11. The summed E-state index contributed by atoms with van der Waals surface area (Å²) >= 11 is 0. The minimum atomic E-state index is -4.25. The first-order chi connectivity index (χ1) is 7.57. The second-order valence-electron chi connectivity index (χ2n) is 3.76. The molecule has 0 aliphatic carbocycles. The Morgan fingerprint density at radius 2 is 1.94 bits per heavy atom. The molecule has 2 atom stereocenters. The first-order valence-electron chi connectivity index (χ1n) is 5.03. The first kappa shape index (κ1) is 11.4. The number of nitrogens with one attached hydrogen (secondary N) is 1. The second kappa shape index (κ2) is 4.43. The Kier molecular flexibility index (Phi) is 3.16. The number of hydrogen-bond acceptors (Lipinski definition) is 2. The Bertz CT molecular complexity index is 335. The van der Waals surface area contributed by atoms with Gasteiger partial charge in [-0.3, -0.25) is 5.32 Å². The molecule has 1 heterocycles. The molecule has 1 N–H and O–H groups in total. The lowest BCUT2D eigenvalue weighted by Gasteiger charge is -2.19. The fourth-order valence-corrected chi connectivity index (χ4v) is 1.53. The van der Waals surface area contributed by atoms with Crippen molar-refractivity contribution in [2.24, 2.45) is 0 Å². The van der Waals surface area contributed by atoms with Crippen LogP contribution in [0.3, 0.4) is 0 Å². The van der Waals surface area contributed by atoms with E-state index in [1.807, 2.05) is 6.07 Å². The maximum absolute atomic E-state index is 12.6. The Morgan fingerprint density at radius 3 is 2.44 bits per heavy atom. The van der Waals surface area contributed by atoms with Crippen molar-refractivity contribution in [3.05, 3.63) is 35.9 Å². The molecular weight excluding hydrogens is 219 g/mol. The number of alkyl halides is 3. The number of epoxide rings is 1. The van der Waals surface area contributed by atoms with E-state index in [1.54, 1.807) is 24.3 Å². The molecule has 0 saturated carbocycles. The van der Waals surface area contributed by atoms with Crippen molar-refractivity contribution in [3.63, 3.8) is 0 Å². The third kappa shape index (κ3) is 2.96. The predicted molar refractivity (Wildman–Crippen MR) is 52.9 cm³/mol. The summed E-state index contributed by atoms with van der Waals surface area (Å²) in [5.74, 6) is 0. The van der Waals surface area contributed by atoms with E-state index < -0.39 is 18.3 Å². The summed E-state index contributed by atoms with van der Waals surface area (Å²) in [7, 11) is 0. The molecule has 0 bridgehead atoms. The fraction of sp³-hybridized carbons (Fsp3) is 0.455. The van der Waals surface area contributed by atoms with Crippen LogP contribution in [-0.2, 0) is 11.3 Å². The zero-order valence-electron chi connectivity index (χ0n) is 8.50. The van der Waals surface area contributed by atoms with Gasteiger partial charge in [0.2, 0.25) is 0 Å². The standard InChI is InChI=1S/C11H12F3NO/c12-11(13,14)10(9-7-16-9)15-6-8-4-2-1-3-5-8/h1-5,9-10,15H,6-7H2/t9-,10?/m0/s1. The molecule has 0 spiro atoms.